The summed E-state index contributed by atoms with van der Waals surface area (Å²) in [6.45, 7) is 1.66. The number of aliphatic carboxylic acids is 1. The minimum absolute atomic E-state index is 0.0942. The van der Waals surface area contributed by atoms with Crippen molar-refractivity contribution < 1.29 is 23.1 Å². The summed E-state index contributed by atoms with van der Waals surface area (Å²) in [7, 11) is -4.28. The van der Waals surface area contributed by atoms with Gasteiger partial charge in [0.2, 0.25) is 5.95 Å². The van der Waals surface area contributed by atoms with Crippen molar-refractivity contribution in [3.05, 3.63) is 68.7 Å². The number of carbonyl (C=O) groups excluding carboxylic acids is 1. The van der Waals surface area contributed by atoms with Gasteiger partial charge in [-0.3, -0.25) is 14.2 Å². The molecule has 1 aliphatic carbocycles. The highest BCUT2D eigenvalue weighted by atomic mass is 79.9. The topological polar surface area (TPSA) is 122 Å². The highest BCUT2D eigenvalue weighted by Crippen LogP contribution is 2.44. The summed E-state index contributed by atoms with van der Waals surface area (Å²) in [5.41, 5.74) is -0.245. The molecule has 2 aliphatic rings. The SMILES string of the molecule is CC1(Cc2ccc(Br)cc2)C(=O)N(c2cc(Cl)cc(Cl)c2)c2ncc(S(=O)(=O)NC3CCCCC3C(=O)O)n21. The van der Waals surface area contributed by atoms with Gasteiger partial charge in [-0.15, -0.1) is 0 Å². The molecule has 0 saturated heterocycles. The quantitative estimate of drug-likeness (QED) is 0.346. The Labute approximate surface area is 244 Å². The summed E-state index contributed by atoms with van der Waals surface area (Å²) in [4.78, 5) is 31.6. The van der Waals surface area contributed by atoms with Crippen LogP contribution < -0.4 is 9.62 Å². The van der Waals surface area contributed by atoms with E-state index in [2.05, 4.69) is 25.6 Å². The molecule has 1 aliphatic heterocycles. The lowest BCUT2D eigenvalue weighted by molar-refractivity contribution is -0.143. The van der Waals surface area contributed by atoms with Crippen LogP contribution in [0, 0.1) is 5.92 Å². The molecule has 1 amide bonds. The summed E-state index contributed by atoms with van der Waals surface area (Å²) in [5.74, 6) is -2.20. The maximum atomic E-state index is 14.1. The summed E-state index contributed by atoms with van der Waals surface area (Å²) in [5, 5.41) is 10.0. The van der Waals surface area contributed by atoms with Crippen LogP contribution in [0.15, 0.2) is 58.2 Å². The van der Waals surface area contributed by atoms with E-state index in [1.54, 1.807) is 19.1 Å². The zero-order valence-corrected chi connectivity index (χ0v) is 24.7. The molecule has 1 aromatic heterocycles. The van der Waals surface area contributed by atoms with Crippen LogP contribution in [0.2, 0.25) is 10.0 Å². The third-order valence-electron chi connectivity index (χ3n) is 7.30. The number of carboxylic acid groups (broad SMARTS) is 1. The number of benzene rings is 2. The van der Waals surface area contributed by atoms with E-state index in [1.807, 2.05) is 24.3 Å². The molecule has 1 fully saturated rings. The molecule has 2 aromatic carbocycles. The van der Waals surface area contributed by atoms with Crippen molar-refractivity contribution in [1.29, 1.82) is 0 Å². The minimum Gasteiger partial charge on any atom is -0.481 e. The van der Waals surface area contributed by atoms with Crippen molar-refractivity contribution in [2.45, 2.75) is 55.6 Å². The van der Waals surface area contributed by atoms with E-state index in [0.717, 1.165) is 10.0 Å². The maximum absolute atomic E-state index is 14.1. The number of fused-ring (bicyclic) bond motifs is 1. The fourth-order valence-corrected chi connectivity index (χ4v) is 7.74. The van der Waals surface area contributed by atoms with Gasteiger partial charge in [-0.05, 0) is 55.7 Å². The van der Waals surface area contributed by atoms with E-state index in [-0.39, 0.29) is 17.4 Å². The van der Waals surface area contributed by atoms with Crippen molar-refractivity contribution in [2.24, 2.45) is 5.92 Å². The van der Waals surface area contributed by atoms with Gasteiger partial charge in [-0.1, -0.05) is 64.1 Å². The highest BCUT2D eigenvalue weighted by Gasteiger charge is 2.52. The minimum atomic E-state index is -4.28. The van der Waals surface area contributed by atoms with Gasteiger partial charge < -0.3 is 5.11 Å². The lowest BCUT2D eigenvalue weighted by atomic mass is 9.85. The smallest absolute Gasteiger partial charge is 0.308 e. The Kier molecular flexibility index (Phi) is 7.58. The molecule has 0 radical (unpaired) electrons. The Hall–Kier alpha value is -2.44. The lowest BCUT2D eigenvalue weighted by Crippen LogP contribution is -2.47. The zero-order chi connectivity index (χ0) is 28.1. The third kappa shape index (κ3) is 5.22. The standard InChI is InChI=1S/C26H25BrCl2N4O5S/c1-26(13-15-6-8-16(27)9-7-15)24(36)32(19-11-17(28)10-18(29)12-19)25-30-14-22(33(25)26)39(37,38)31-21-5-3-2-4-20(21)23(34)35/h6-12,14,20-21,31H,2-5,13H2,1H3,(H,34,35). The second-order valence-electron chi connectivity index (χ2n) is 10.0. The molecule has 0 bridgehead atoms. The first kappa shape index (κ1) is 28.1. The number of anilines is 2. The number of carbonyl (C=O) groups is 2. The summed E-state index contributed by atoms with van der Waals surface area (Å²) < 4.78 is 32.5. The summed E-state index contributed by atoms with van der Waals surface area (Å²) in [6, 6.07) is 11.3. The van der Waals surface area contributed by atoms with Crippen molar-refractivity contribution in [3.63, 3.8) is 0 Å². The summed E-state index contributed by atoms with van der Waals surface area (Å²) in [6.07, 6.45) is 3.58. The van der Waals surface area contributed by atoms with Gasteiger partial charge in [0.15, 0.2) is 5.03 Å². The van der Waals surface area contributed by atoms with Crippen LogP contribution in [0.4, 0.5) is 11.6 Å². The molecule has 0 spiro atoms. The Morgan fingerprint density at radius 1 is 1.15 bits per heavy atom. The van der Waals surface area contributed by atoms with Crippen LogP contribution in [0.5, 0.6) is 0 Å². The zero-order valence-electron chi connectivity index (χ0n) is 20.8. The first-order chi connectivity index (χ1) is 18.4. The van der Waals surface area contributed by atoms with Crippen molar-refractivity contribution >= 4 is 72.7 Å². The van der Waals surface area contributed by atoms with E-state index in [9.17, 15) is 23.1 Å². The van der Waals surface area contributed by atoms with E-state index in [0.29, 0.717) is 41.4 Å². The largest absolute Gasteiger partial charge is 0.481 e. The lowest BCUT2D eigenvalue weighted by Gasteiger charge is -2.30. The number of sulfonamides is 1. The second kappa shape index (κ2) is 10.5. The number of amides is 1. The molecule has 39 heavy (non-hydrogen) atoms. The van der Waals surface area contributed by atoms with Crippen molar-refractivity contribution in [3.8, 4) is 0 Å². The van der Waals surface area contributed by atoms with Gasteiger partial charge in [-0.2, -0.15) is 0 Å². The molecule has 3 unspecified atom stereocenters. The predicted octanol–water partition coefficient (Wildman–Crippen LogP) is 5.51. The van der Waals surface area contributed by atoms with Crippen molar-refractivity contribution in [2.75, 3.05) is 4.90 Å². The first-order valence-corrected chi connectivity index (χ1v) is 15.3. The molecule has 1 saturated carbocycles. The second-order valence-corrected chi connectivity index (χ2v) is 13.5. The molecule has 3 atom stereocenters. The fraction of sp³-hybridized carbons (Fsp3) is 0.346. The van der Waals surface area contributed by atoms with Crippen molar-refractivity contribution in [1.82, 2.24) is 14.3 Å². The molecule has 2 N–H and O–H groups in total. The molecule has 13 heteroatoms. The number of rotatable bonds is 7. The van der Waals surface area contributed by atoms with Gasteiger partial charge in [0.25, 0.3) is 15.9 Å². The predicted molar refractivity (Wildman–Crippen MR) is 151 cm³/mol. The van der Waals surface area contributed by atoms with Crippen LogP contribution in [-0.2, 0) is 31.6 Å². The van der Waals surface area contributed by atoms with Crippen LogP contribution in [0.25, 0.3) is 0 Å². The van der Waals surface area contributed by atoms with E-state index in [1.165, 1.54) is 21.7 Å². The molecule has 3 aromatic rings. The number of aromatic nitrogens is 2. The molecular weight excluding hydrogens is 631 g/mol. The third-order valence-corrected chi connectivity index (χ3v) is 9.72. The Morgan fingerprint density at radius 3 is 2.44 bits per heavy atom. The number of carboxylic acids is 1. The van der Waals surface area contributed by atoms with E-state index in [4.69, 9.17) is 23.2 Å². The Morgan fingerprint density at radius 2 is 1.79 bits per heavy atom. The first-order valence-electron chi connectivity index (χ1n) is 12.3. The number of nitrogens with zero attached hydrogens (tertiary/aromatic N) is 3. The average molecular weight is 656 g/mol. The maximum Gasteiger partial charge on any atom is 0.308 e. The number of hydrogen-bond donors (Lipinski definition) is 2. The van der Waals surface area contributed by atoms with Gasteiger partial charge in [0, 0.05) is 27.0 Å². The van der Waals surface area contributed by atoms with Crippen LogP contribution in [-0.4, -0.2) is 41.0 Å². The van der Waals surface area contributed by atoms with E-state index < -0.39 is 39.4 Å². The molecule has 2 heterocycles. The van der Waals surface area contributed by atoms with Crippen LogP contribution >= 0.6 is 39.1 Å². The fourth-order valence-electron chi connectivity index (χ4n) is 5.45. The molecule has 206 valence electrons. The monoisotopic (exact) mass is 654 g/mol. The summed E-state index contributed by atoms with van der Waals surface area (Å²) >= 11 is 15.9. The van der Waals surface area contributed by atoms with E-state index >= 15 is 0 Å². The molecule has 5 rings (SSSR count). The number of hydrogen-bond acceptors (Lipinski definition) is 5. The van der Waals surface area contributed by atoms with Gasteiger partial charge >= 0.3 is 5.97 Å². The number of halogens is 3. The average Bonchev–Trinajstić information content (AvgIpc) is 3.39. The van der Waals surface area contributed by atoms with Gasteiger partial charge in [0.05, 0.1) is 17.8 Å². The molecular formula is C26H25BrCl2N4O5S. The normalized spacial score (nSPS) is 23.2. The number of nitrogens with one attached hydrogen (secondary N) is 1. The Balaban J connectivity index is 1.63. The van der Waals surface area contributed by atoms with Crippen LogP contribution in [0.1, 0.15) is 38.2 Å². The van der Waals surface area contributed by atoms with Gasteiger partial charge in [-0.25, -0.2) is 23.0 Å². The number of imidazole rings is 1. The Bertz CT molecular complexity index is 1540. The van der Waals surface area contributed by atoms with Crippen LogP contribution in [0.3, 0.4) is 0 Å². The molecule has 9 nitrogen and oxygen atoms in total. The highest BCUT2D eigenvalue weighted by molar-refractivity contribution is 9.10. The van der Waals surface area contributed by atoms with Gasteiger partial charge in [0.1, 0.15) is 5.54 Å².